The molecule has 0 saturated carbocycles. The third kappa shape index (κ3) is 3.99. The van der Waals surface area contributed by atoms with E-state index in [2.05, 4.69) is 11.9 Å². The second kappa shape index (κ2) is 8.23. The molecule has 0 atom stereocenters. The fourth-order valence-corrected chi connectivity index (χ4v) is 3.44. The number of nitrogens with zero attached hydrogens (tertiary/aromatic N) is 2. The van der Waals surface area contributed by atoms with E-state index in [9.17, 15) is 4.79 Å². The fraction of sp³-hybridized carbons (Fsp3) is 0.238. The summed E-state index contributed by atoms with van der Waals surface area (Å²) in [5.74, 6) is 1.57. The number of thioether (sulfide) groups is 1. The van der Waals surface area contributed by atoms with Crippen LogP contribution in [-0.4, -0.2) is 23.4 Å². The highest BCUT2D eigenvalue weighted by Crippen LogP contribution is 2.30. The Balaban J connectivity index is 1.92. The number of aliphatic imine (C=N–C) groups is 1. The average molecular weight is 366 g/mol. The van der Waals surface area contributed by atoms with Crippen LogP contribution in [0.4, 0.5) is 5.69 Å². The van der Waals surface area contributed by atoms with Crippen LogP contribution in [0, 0.1) is 6.92 Å². The summed E-state index contributed by atoms with van der Waals surface area (Å²) in [6.07, 6.45) is 1.82. The number of ether oxygens (including phenoxy) is 1. The van der Waals surface area contributed by atoms with Crippen LogP contribution in [0.3, 0.4) is 0 Å². The summed E-state index contributed by atoms with van der Waals surface area (Å²) in [6.45, 7) is 6.66. The van der Waals surface area contributed by atoms with Crippen molar-refractivity contribution in [2.75, 3.05) is 17.3 Å². The van der Waals surface area contributed by atoms with Crippen molar-refractivity contribution in [2.24, 2.45) is 4.99 Å². The minimum absolute atomic E-state index is 0.0968. The van der Waals surface area contributed by atoms with Gasteiger partial charge in [-0.3, -0.25) is 9.69 Å². The number of rotatable bonds is 5. The summed E-state index contributed by atoms with van der Waals surface area (Å²) in [7, 11) is 0. The molecule has 0 aliphatic carbocycles. The van der Waals surface area contributed by atoms with E-state index < -0.39 is 0 Å². The van der Waals surface area contributed by atoms with Crippen molar-refractivity contribution < 1.29 is 9.53 Å². The molecule has 2 aromatic rings. The second-order valence-electron chi connectivity index (χ2n) is 5.84. The van der Waals surface area contributed by atoms with E-state index in [0.717, 1.165) is 33.5 Å². The minimum Gasteiger partial charge on any atom is -0.494 e. The summed E-state index contributed by atoms with van der Waals surface area (Å²) in [6, 6.07) is 15.6. The first-order valence-corrected chi connectivity index (χ1v) is 9.68. The molecular formula is C21H22N2O2S. The van der Waals surface area contributed by atoms with Crippen molar-refractivity contribution in [1.82, 2.24) is 0 Å². The van der Waals surface area contributed by atoms with Crippen LogP contribution >= 0.6 is 11.8 Å². The van der Waals surface area contributed by atoms with Gasteiger partial charge in [-0.1, -0.05) is 43.0 Å². The van der Waals surface area contributed by atoms with Crippen LogP contribution in [0.5, 0.6) is 5.75 Å². The molecule has 0 unspecified atom stereocenters. The van der Waals surface area contributed by atoms with E-state index in [4.69, 9.17) is 4.74 Å². The zero-order chi connectivity index (χ0) is 18.5. The molecule has 1 aliphatic heterocycles. The smallest absolute Gasteiger partial charge is 0.283 e. The molecular weight excluding hydrogens is 344 g/mol. The molecule has 26 heavy (non-hydrogen) atoms. The normalized spacial score (nSPS) is 15.5. The summed E-state index contributed by atoms with van der Waals surface area (Å²) < 4.78 is 5.46. The first-order chi connectivity index (χ1) is 12.6. The van der Waals surface area contributed by atoms with Gasteiger partial charge in [0, 0.05) is 0 Å². The third-order valence-electron chi connectivity index (χ3n) is 3.86. The van der Waals surface area contributed by atoms with Gasteiger partial charge in [0.25, 0.3) is 5.91 Å². The van der Waals surface area contributed by atoms with Crippen LogP contribution in [0.2, 0.25) is 0 Å². The van der Waals surface area contributed by atoms with Crippen LogP contribution in [0.25, 0.3) is 6.08 Å². The van der Waals surface area contributed by atoms with Crippen molar-refractivity contribution in [3.8, 4) is 5.75 Å². The molecule has 1 aliphatic rings. The van der Waals surface area contributed by atoms with Crippen molar-refractivity contribution in [1.29, 1.82) is 0 Å². The monoisotopic (exact) mass is 366 g/mol. The number of anilines is 1. The summed E-state index contributed by atoms with van der Waals surface area (Å²) in [4.78, 5) is 19.3. The van der Waals surface area contributed by atoms with Crippen molar-refractivity contribution in [2.45, 2.75) is 20.8 Å². The van der Waals surface area contributed by atoms with Gasteiger partial charge in [0.2, 0.25) is 0 Å². The highest BCUT2D eigenvalue weighted by molar-refractivity contribution is 8.14. The summed E-state index contributed by atoms with van der Waals surface area (Å²) in [5.41, 5.74) is 3.34. The average Bonchev–Trinajstić information content (AvgIpc) is 2.92. The Morgan fingerprint density at radius 2 is 1.92 bits per heavy atom. The molecule has 0 fully saturated rings. The third-order valence-corrected chi connectivity index (χ3v) is 4.68. The standard InChI is InChI=1S/C21H22N2O2S/c1-4-25-18-11-9-16(10-12-18)14-19-20(24)23(21(22-19)26-5-2)17-8-6-7-15(3)13-17/h6-14H,4-5H2,1-3H3. The minimum atomic E-state index is -0.0968. The van der Waals surface area contributed by atoms with Gasteiger partial charge in [-0.15, -0.1) is 0 Å². The molecule has 134 valence electrons. The Kier molecular flexibility index (Phi) is 5.78. The maximum atomic E-state index is 13.0. The lowest BCUT2D eigenvalue weighted by molar-refractivity contribution is -0.113. The van der Waals surface area contributed by atoms with E-state index in [1.54, 1.807) is 16.7 Å². The number of benzene rings is 2. The van der Waals surface area contributed by atoms with Gasteiger partial charge in [0.1, 0.15) is 11.4 Å². The van der Waals surface area contributed by atoms with E-state index >= 15 is 0 Å². The van der Waals surface area contributed by atoms with E-state index in [-0.39, 0.29) is 5.91 Å². The van der Waals surface area contributed by atoms with Crippen LogP contribution in [-0.2, 0) is 4.79 Å². The molecule has 0 saturated heterocycles. The largest absolute Gasteiger partial charge is 0.494 e. The lowest BCUT2D eigenvalue weighted by Gasteiger charge is -2.17. The van der Waals surface area contributed by atoms with Gasteiger partial charge in [0.05, 0.1) is 12.3 Å². The summed E-state index contributed by atoms with van der Waals surface area (Å²) in [5, 5.41) is 0.722. The second-order valence-corrected chi connectivity index (χ2v) is 7.07. The Hall–Kier alpha value is -2.53. The van der Waals surface area contributed by atoms with Crippen LogP contribution in [0.1, 0.15) is 25.0 Å². The van der Waals surface area contributed by atoms with Gasteiger partial charge in [-0.25, -0.2) is 4.99 Å². The SMILES string of the molecule is CCOc1ccc(C=C2N=C(SCC)N(c3cccc(C)c3)C2=O)cc1. The van der Waals surface area contributed by atoms with Crippen molar-refractivity contribution >= 4 is 34.6 Å². The molecule has 2 aromatic carbocycles. The number of aryl methyl sites for hydroxylation is 1. The van der Waals surface area contributed by atoms with Gasteiger partial charge in [-0.2, -0.15) is 0 Å². The zero-order valence-corrected chi connectivity index (χ0v) is 16.0. The number of hydrogen-bond donors (Lipinski definition) is 0. The molecule has 0 N–H and O–H groups in total. The number of hydrogen-bond acceptors (Lipinski definition) is 4. The molecule has 5 heteroatoms. The first kappa shape index (κ1) is 18.3. The van der Waals surface area contributed by atoms with Gasteiger partial charge in [0.15, 0.2) is 5.17 Å². The van der Waals surface area contributed by atoms with Gasteiger partial charge in [-0.05, 0) is 61.1 Å². The highest BCUT2D eigenvalue weighted by Gasteiger charge is 2.31. The number of amides is 1. The summed E-state index contributed by atoms with van der Waals surface area (Å²) >= 11 is 1.57. The highest BCUT2D eigenvalue weighted by atomic mass is 32.2. The lowest BCUT2D eigenvalue weighted by atomic mass is 10.1. The van der Waals surface area contributed by atoms with Crippen molar-refractivity contribution in [3.05, 3.63) is 65.4 Å². The predicted molar refractivity (Wildman–Crippen MR) is 110 cm³/mol. The van der Waals surface area contributed by atoms with Crippen LogP contribution in [0.15, 0.2) is 59.2 Å². The van der Waals surface area contributed by atoms with E-state index in [1.165, 1.54) is 0 Å². The molecule has 4 nitrogen and oxygen atoms in total. The molecule has 0 aromatic heterocycles. The maximum Gasteiger partial charge on any atom is 0.283 e. The molecule has 0 radical (unpaired) electrons. The maximum absolute atomic E-state index is 13.0. The van der Waals surface area contributed by atoms with Crippen molar-refractivity contribution in [3.63, 3.8) is 0 Å². The van der Waals surface area contributed by atoms with E-state index in [1.807, 2.05) is 68.5 Å². The number of carbonyl (C=O) groups excluding carboxylic acids is 1. The van der Waals surface area contributed by atoms with Gasteiger partial charge >= 0.3 is 0 Å². The molecule has 0 bridgehead atoms. The quantitative estimate of drug-likeness (QED) is 0.708. The Bertz CT molecular complexity index is 857. The predicted octanol–water partition coefficient (Wildman–Crippen LogP) is 4.89. The molecule has 0 spiro atoms. The molecule has 1 heterocycles. The van der Waals surface area contributed by atoms with Gasteiger partial charge < -0.3 is 4.74 Å². The first-order valence-electron chi connectivity index (χ1n) is 8.69. The Morgan fingerprint density at radius 1 is 1.15 bits per heavy atom. The Morgan fingerprint density at radius 3 is 2.58 bits per heavy atom. The molecule has 1 amide bonds. The fourth-order valence-electron chi connectivity index (χ4n) is 2.70. The Labute approximate surface area is 158 Å². The topological polar surface area (TPSA) is 41.9 Å². The lowest BCUT2D eigenvalue weighted by Crippen LogP contribution is -2.30. The number of carbonyl (C=O) groups is 1. The molecule has 3 rings (SSSR count). The zero-order valence-electron chi connectivity index (χ0n) is 15.2. The number of amidine groups is 1. The van der Waals surface area contributed by atoms with Crippen LogP contribution < -0.4 is 9.64 Å². The van der Waals surface area contributed by atoms with E-state index in [0.29, 0.717) is 12.3 Å².